The van der Waals surface area contributed by atoms with Crippen LogP contribution in [0.2, 0.25) is 0 Å². The van der Waals surface area contributed by atoms with E-state index in [1.54, 1.807) is 6.07 Å². The van der Waals surface area contributed by atoms with Gasteiger partial charge in [-0.15, -0.1) is 0 Å². The molecule has 1 aliphatic rings. The maximum Gasteiger partial charge on any atom is 0.432 e. The second-order valence-corrected chi connectivity index (χ2v) is 5.69. The smallest absolute Gasteiger partial charge is 0.394 e. The summed E-state index contributed by atoms with van der Waals surface area (Å²) in [5.74, 6) is -1.41. The summed E-state index contributed by atoms with van der Waals surface area (Å²) in [6.45, 7) is 0.836. The molecule has 0 aliphatic carbocycles. The van der Waals surface area contributed by atoms with Crippen LogP contribution in [0.1, 0.15) is 5.56 Å². The molecule has 1 fully saturated rings. The van der Waals surface area contributed by atoms with Crippen LogP contribution in [0.4, 0.5) is 17.6 Å². The molecule has 0 spiro atoms. The van der Waals surface area contributed by atoms with Gasteiger partial charge >= 0.3 is 6.18 Å². The van der Waals surface area contributed by atoms with Gasteiger partial charge in [0.05, 0.1) is 18.9 Å². The Morgan fingerprint density at radius 3 is 2.52 bits per heavy atom. The first-order valence-electron chi connectivity index (χ1n) is 7.42. The number of nitrogens with zero attached hydrogens (tertiary/aromatic N) is 1. The lowest BCUT2D eigenvalue weighted by Gasteiger charge is -2.32. The molecule has 3 N–H and O–H groups in total. The summed E-state index contributed by atoms with van der Waals surface area (Å²) in [5, 5.41) is 6.92. The first kappa shape index (κ1) is 18.9. The average molecular weight is 359 g/mol. The van der Waals surface area contributed by atoms with Gasteiger partial charge in [0.2, 0.25) is 0 Å². The third kappa shape index (κ3) is 5.02. The Hall–Kier alpha value is -2.42. The summed E-state index contributed by atoms with van der Waals surface area (Å²) in [5.41, 5.74) is 3.22. The number of allylic oxidation sites excluding steroid dienone is 1. The molecule has 0 radical (unpaired) electrons. The molecule has 9 heteroatoms. The third-order valence-corrected chi connectivity index (χ3v) is 3.64. The predicted molar refractivity (Wildman–Crippen MR) is 82.2 cm³/mol. The normalized spacial score (nSPS) is 15.6. The van der Waals surface area contributed by atoms with Crippen molar-refractivity contribution >= 4 is 11.6 Å². The molecule has 1 amide bonds. The zero-order valence-corrected chi connectivity index (χ0v) is 13.1. The van der Waals surface area contributed by atoms with E-state index in [0.717, 1.165) is 0 Å². The van der Waals surface area contributed by atoms with Crippen LogP contribution < -0.4 is 5.73 Å². The number of halogens is 4. The fraction of sp³-hybridized carbons (Fsp3) is 0.375. The van der Waals surface area contributed by atoms with E-state index in [1.807, 2.05) is 0 Å². The van der Waals surface area contributed by atoms with Crippen molar-refractivity contribution in [2.75, 3.05) is 19.8 Å². The zero-order valence-electron chi connectivity index (χ0n) is 13.1. The van der Waals surface area contributed by atoms with Crippen molar-refractivity contribution in [3.63, 3.8) is 0 Å². The van der Waals surface area contributed by atoms with Crippen molar-refractivity contribution in [1.29, 1.82) is 5.41 Å². The fourth-order valence-electron chi connectivity index (χ4n) is 2.23. The predicted octanol–water partition coefficient (Wildman–Crippen LogP) is 2.23. The molecule has 136 valence electrons. The van der Waals surface area contributed by atoms with Gasteiger partial charge in [0.15, 0.2) is 0 Å². The van der Waals surface area contributed by atoms with Crippen LogP contribution >= 0.6 is 0 Å². The molecule has 0 atom stereocenters. The van der Waals surface area contributed by atoms with E-state index < -0.39 is 29.3 Å². The van der Waals surface area contributed by atoms with Gasteiger partial charge in [-0.25, -0.2) is 4.39 Å². The lowest BCUT2D eigenvalue weighted by molar-refractivity contribution is -0.131. The van der Waals surface area contributed by atoms with Gasteiger partial charge in [-0.1, -0.05) is 18.2 Å². The second kappa shape index (κ2) is 7.64. The third-order valence-electron chi connectivity index (χ3n) is 3.64. The zero-order chi connectivity index (χ0) is 18.6. The molecule has 1 aromatic carbocycles. The first-order chi connectivity index (χ1) is 11.7. The van der Waals surface area contributed by atoms with Crippen LogP contribution in [0, 0.1) is 17.1 Å². The number of hydrogen-bond acceptors (Lipinski definition) is 4. The van der Waals surface area contributed by atoms with E-state index in [-0.39, 0.29) is 30.6 Å². The maximum absolute atomic E-state index is 13.8. The Kier molecular flexibility index (Phi) is 5.78. The molecule has 1 aliphatic heterocycles. The highest BCUT2D eigenvalue weighted by Crippen LogP contribution is 2.19. The van der Waals surface area contributed by atoms with E-state index in [4.69, 9.17) is 15.9 Å². The molecular weight excluding hydrogens is 342 g/mol. The number of amides is 1. The number of carbonyl (C=O) groups is 1. The Labute approximate surface area is 141 Å². The van der Waals surface area contributed by atoms with E-state index >= 15 is 0 Å². The maximum atomic E-state index is 13.8. The Balaban J connectivity index is 2.19. The number of benzene rings is 1. The Bertz CT molecular complexity index is 684. The summed E-state index contributed by atoms with van der Waals surface area (Å²) in [6, 6.07) is 5.78. The number of carbonyl (C=O) groups excluding carboxylic acids is 1. The van der Waals surface area contributed by atoms with E-state index in [0.29, 0.717) is 13.2 Å². The van der Waals surface area contributed by atoms with Crippen LogP contribution in [-0.2, 0) is 16.1 Å². The molecule has 5 nitrogen and oxygen atoms in total. The van der Waals surface area contributed by atoms with Gasteiger partial charge in [0.1, 0.15) is 11.5 Å². The molecule has 1 saturated heterocycles. The summed E-state index contributed by atoms with van der Waals surface area (Å²) in [6.07, 6.45) is -4.63. The number of ether oxygens (including phenoxy) is 1. The number of hydrogen-bond donors (Lipinski definition) is 2. The Morgan fingerprint density at radius 2 is 2.00 bits per heavy atom. The minimum atomic E-state index is -4.90. The monoisotopic (exact) mass is 359 g/mol. The first-order valence-corrected chi connectivity index (χ1v) is 7.42. The molecule has 2 rings (SSSR count). The summed E-state index contributed by atoms with van der Waals surface area (Å²) in [7, 11) is 0. The minimum absolute atomic E-state index is 0.00518. The van der Waals surface area contributed by atoms with E-state index in [9.17, 15) is 22.4 Å². The van der Waals surface area contributed by atoms with Crippen molar-refractivity contribution in [2.24, 2.45) is 11.7 Å². The van der Waals surface area contributed by atoms with Crippen molar-refractivity contribution in [3.8, 4) is 0 Å². The molecule has 0 saturated carbocycles. The van der Waals surface area contributed by atoms with Gasteiger partial charge in [-0.3, -0.25) is 10.2 Å². The molecule has 0 unspecified atom stereocenters. The van der Waals surface area contributed by atoms with Gasteiger partial charge in [-0.05, 0) is 12.1 Å². The van der Waals surface area contributed by atoms with Crippen molar-refractivity contribution in [2.45, 2.75) is 12.7 Å². The lowest BCUT2D eigenvalue weighted by Crippen LogP contribution is -2.43. The minimum Gasteiger partial charge on any atom is -0.394 e. The van der Waals surface area contributed by atoms with Gasteiger partial charge in [0.25, 0.3) is 5.91 Å². The van der Waals surface area contributed by atoms with Crippen molar-refractivity contribution in [1.82, 2.24) is 4.90 Å². The Morgan fingerprint density at radius 1 is 1.36 bits per heavy atom. The second-order valence-electron chi connectivity index (χ2n) is 5.69. The SMILES string of the molecule is N=C(/C=C(\N)C(=O)N(Cc1ccccc1F)CC1COC1)C(F)(F)F. The highest BCUT2D eigenvalue weighted by molar-refractivity contribution is 6.04. The number of rotatable bonds is 6. The molecule has 0 bridgehead atoms. The van der Waals surface area contributed by atoms with E-state index in [2.05, 4.69) is 0 Å². The summed E-state index contributed by atoms with van der Waals surface area (Å²) < 4.78 is 56.1. The van der Waals surface area contributed by atoms with Crippen LogP contribution in [0.3, 0.4) is 0 Å². The highest BCUT2D eigenvalue weighted by atomic mass is 19.4. The van der Waals surface area contributed by atoms with Gasteiger partial charge < -0.3 is 15.4 Å². The molecular formula is C16H17F4N3O2. The number of alkyl halides is 3. The van der Waals surface area contributed by atoms with Crippen molar-refractivity contribution < 1.29 is 27.1 Å². The van der Waals surface area contributed by atoms with Crippen LogP contribution in [0.15, 0.2) is 36.0 Å². The topological polar surface area (TPSA) is 79.4 Å². The summed E-state index contributed by atoms with van der Waals surface area (Å²) >= 11 is 0. The standard InChI is InChI=1S/C16H17F4N3O2/c17-12-4-2-1-3-11(12)7-23(6-10-8-25-9-10)15(24)13(21)5-14(22)16(18,19)20/h1-5,10,22H,6-9,21H2/b13-5-,22-14?. The molecule has 1 aromatic rings. The lowest BCUT2D eigenvalue weighted by atomic mass is 10.1. The molecule has 25 heavy (non-hydrogen) atoms. The largest absolute Gasteiger partial charge is 0.432 e. The van der Waals surface area contributed by atoms with Crippen LogP contribution in [0.25, 0.3) is 0 Å². The van der Waals surface area contributed by atoms with Crippen molar-refractivity contribution in [3.05, 3.63) is 47.4 Å². The summed E-state index contributed by atoms with van der Waals surface area (Å²) in [4.78, 5) is 13.6. The number of nitrogens with one attached hydrogen (secondary N) is 1. The van der Waals surface area contributed by atoms with Crippen LogP contribution in [-0.4, -0.2) is 42.5 Å². The van der Waals surface area contributed by atoms with E-state index in [1.165, 1.54) is 23.1 Å². The van der Waals surface area contributed by atoms with Crippen LogP contribution in [0.5, 0.6) is 0 Å². The fourth-order valence-corrected chi connectivity index (χ4v) is 2.23. The highest BCUT2D eigenvalue weighted by Gasteiger charge is 2.34. The quantitative estimate of drug-likeness (QED) is 0.464. The average Bonchev–Trinajstić information content (AvgIpc) is 2.49. The molecule has 0 aromatic heterocycles. The molecule has 1 heterocycles. The van der Waals surface area contributed by atoms with Gasteiger partial charge in [-0.2, -0.15) is 13.2 Å². The van der Waals surface area contributed by atoms with Gasteiger partial charge in [0, 0.05) is 24.6 Å². The number of nitrogens with two attached hydrogens (primary N) is 1.